The van der Waals surface area contributed by atoms with Crippen LogP contribution in [-0.4, -0.2) is 24.1 Å². The Hall–Kier alpha value is -2.08. The van der Waals surface area contributed by atoms with Gasteiger partial charge in [-0.25, -0.2) is 4.98 Å². The fraction of sp³-hybridized carbons (Fsp3) is 0.444. The molecule has 3 rings (SSSR count). The predicted molar refractivity (Wildman–Crippen MR) is 95.3 cm³/mol. The molecule has 0 fully saturated rings. The first-order chi connectivity index (χ1) is 11.4. The average Bonchev–Trinajstić information content (AvgIpc) is 3.03. The Morgan fingerprint density at radius 1 is 1.25 bits per heavy atom. The number of benzene rings is 1. The van der Waals surface area contributed by atoms with Crippen LogP contribution in [0.25, 0.3) is 0 Å². The summed E-state index contributed by atoms with van der Waals surface area (Å²) in [4.78, 5) is 18.2. The van der Waals surface area contributed by atoms with Gasteiger partial charge in [0.15, 0.2) is 16.6 Å². The molecule has 1 amide bonds. The van der Waals surface area contributed by atoms with Gasteiger partial charge in [0, 0.05) is 11.1 Å². The van der Waals surface area contributed by atoms with Gasteiger partial charge in [-0.1, -0.05) is 19.9 Å². The molecule has 0 saturated carbocycles. The number of ether oxygens (including phenoxy) is 2. The third-order valence-electron chi connectivity index (χ3n) is 4.14. The van der Waals surface area contributed by atoms with Crippen LogP contribution in [0.4, 0.5) is 5.13 Å². The Kier molecular flexibility index (Phi) is 4.49. The molecule has 1 aromatic carbocycles. The molecule has 2 heterocycles. The van der Waals surface area contributed by atoms with Crippen molar-refractivity contribution in [3.05, 3.63) is 34.8 Å². The second-order valence-corrected chi connectivity index (χ2v) is 7.72. The largest absolute Gasteiger partial charge is 0.486 e. The monoisotopic (exact) mass is 346 g/mol. The van der Waals surface area contributed by atoms with Gasteiger partial charge in [-0.2, -0.15) is 0 Å². The lowest BCUT2D eigenvalue weighted by molar-refractivity contribution is -0.120. The van der Waals surface area contributed by atoms with Crippen LogP contribution in [0.5, 0.6) is 11.5 Å². The van der Waals surface area contributed by atoms with Crippen molar-refractivity contribution >= 4 is 22.4 Å². The third kappa shape index (κ3) is 3.24. The van der Waals surface area contributed by atoms with Crippen LogP contribution in [0.15, 0.2) is 24.4 Å². The number of hydrogen-bond donors (Lipinski definition) is 1. The first-order valence-corrected chi connectivity index (χ1v) is 8.87. The van der Waals surface area contributed by atoms with Gasteiger partial charge in [-0.15, -0.1) is 11.3 Å². The highest BCUT2D eigenvalue weighted by Gasteiger charge is 2.32. The zero-order chi connectivity index (χ0) is 17.3. The fourth-order valence-corrected chi connectivity index (χ4v) is 3.24. The van der Waals surface area contributed by atoms with E-state index in [0.29, 0.717) is 30.0 Å². The van der Waals surface area contributed by atoms with E-state index in [1.165, 1.54) is 11.3 Å². The van der Waals surface area contributed by atoms with E-state index in [2.05, 4.69) is 24.1 Å². The summed E-state index contributed by atoms with van der Waals surface area (Å²) in [6.45, 7) is 9.09. The first kappa shape index (κ1) is 16.8. The number of hydrogen-bond acceptors (Lipinski definition) is 5. The second kappa shape index (κ2) is 6.43. The molecule has 1 N–H and O–H groups in total. The molecule has 1 aliphatic rings. The fourth-order valence-electron chi connectivity index (χ4n) is 2.43. The minimum Gasteiger partial charge on any atom is -0.486 e. The normalized spacial score (nSPS) is 13.9. The second-order valence-electron chi connectivity index (χ2n) is 6.66. The molecule has 128 valence electrons. The lowest BCUT2D eigenvalue weighted by Gasteiger charge is -2.26. The summed E-state index contributed by atoms with van der Waals surface area (Å²) in [5, 5.41) is 3.57. The highest BCUT2D eigenvalue weighted by Crippen LogP contribution is 2.36. The van der Waals surface area contributed by atoms with E-state index < -0.39 is 5.41 Å². The number of rotatable bonds is 4. The molecule has 0 unspecified atom stereocenters. The summed E-state index contributed by atoms with van der Waals surface area (Å²) >= 11 is 1.52. The number of nitrogens with one attached hydrogen (secondary N) is 1. The number of nitrogens with zero attached hydrogens (tertiary/aromatic N) is 1. The molecule has 0 bridgehead atoms. The number of thiazole rings is 1. The summed E-state index contributed by atoms with van der Waals surface area (Å²) in [6, 6.07) is 5.66. The van der Waals surface area contributed by atoms with E-state index in [1.807, 2.05) is 38.2 Å². The standard InChI is InChI=1S/C18H22N2O3S/c1-11(2)15-10-19-17(24-15)20-16(21)18(3,4)12-5-6-13-14(9-12)23-8-7-22-13/h5-6,9-11H,7-8H2,1-4H3,(H,19,20,21). The van der Waals surface area contributed by atoms with Gasteiger partial charge in [-0.3, -0.25) is 4.79 Å². The van der Waals surface area contributed by atoms with Crippen LogP contribution < -0.4 is 14.8 Å². The molecule has 0 aliphatic carbocycles. The van der Waals surface area contributed by atoms with E-state index in [1.54, 1.807) is 0 Å². The lowest BCUT2D eigenvalue weighted by atomic mass is 9.83. The maximum absolute atomic E-state index is 12.8. The SMILES string of the molecule is CC(C)c1cnc(NC(=O)C(C)(C)c2ccc3c(c2)OCCO3)s1. The van der Waals surface area contributed by atoms with Gasteiger partial charge >= 0.3 is 0 Å². The minimum absolute atomic E-state index is 0.0937. The molecular weight excluding hydrogens is 324 g/mol. The van der Waals surface area contributed by atoms with E-state index in [0.717, 1.165) is 16.2 Å². The van der Waals surface area contributed by atoms with Gasteiger partial charge in [0.1, 0.15) is 13.2 Å². The van der Waals surface area contributed by atoms with Crippen molar-refractivity contribution in [1.82, 2.24) is 4.98 Å². The van der Waals surface area contributed by atoms with Crippen molar-refractivity contribution < 1.29 is 14.3 Å². The molecule has 6 heteroatoms. The lowest BCUT2D eigenvalue weighted by Crippen LogP contribution is -2.34. The first-order valence-electron chi connectivity index (χ1n) is 8.05. The van der Waals surface area contributed by atoms with E-state index >= 15 is 0 Å². The van der Waals surface area contributed by atoms with Crippen molar-refractivity contribution in [2.45, 2.75) is 39.0 Å². The van der Waals surface area contributed by atoms with Gasteiger partial charge < -0.3 is 14.8 Å². The summed E-state index contributed by atoms with van der Waals surface area (Å²) in [5.74, 6) is 1.72. The van der Waals surface area contributed by atoms with E-state index in [-0.39, 0.29) is 5.91 Å². The van der Waals surface area contributed by atoms with E-state index in [4.69, 9.17) is 9.47 Å². The summed E-state index contributed by atoms with van der Waals surface area (Å²) in [7, 11) is 0. The van der Waals surface area contributed by atoms with Gasteiger partial charge in [-0.05, 0) is 37.5 Å². The predicted octanol–water partition coefficient (Wildman–Crippen LogP) is 3.95. The number of carbonyl (C=O) groups is 1. The molecule has 0 spiro atoms. The van der Waals surface area contributed by atoms with Crippen LogP contribution in [0, 0.1) is 0 Å². The zero-order valence-electron chi connectivity index (χ0n) is 14.4. The van der Waals surface area contributed by atoms with Gasteiger partial charge in [0.05, 0.1) is 5.41 Å². The molecule has 5 nitrogen and oxygen atoms in total. The van der Waals surface area contributed by atoms with Crippen LogP contribution >= 0.6 is 11.3 Å². The molecular formula is C18H22N2O3S. The summed E-state index contributed by atoms with van der Waals surface area (Å²) < 4.78 is 11.2. The Bertz CT molecular complexity index is 752. The van der Waals surface area contributed by atoms with Crippen molar-refractivity contribution in [1.29, 1.82) is 0 Å². The molecule has 0 radical (unpaired) electrons. The number of aromatic nitrogens is 1. The Labute approximate surface area is 146 Å². The highest BCUT2D eigenvalue weighted by molar-refractivity contribution is 7.15. The number of fused-ring (bicyclic) bond motifs is 1. The third-order valence-corrected chi connectivity index (χ3v) is 5.36. The number of amides is 1. The average molecular weight is 346 g/mol. The van der Waals surface area contributed by atoms with Gasteiger partial charge in [0.25, 0.3) is 0 Å². The van der Waals surface area contributed by atoms with Crippen molar-refractivity contribution in [3.63, 3.8) is 0 Å². The molecule has 1 aromatic heterocycles. The van der Waals surface area contributed by atoms with Crippen LogP contribution in [0.2, 0.25) is 0 Å². The quantitative estimate of drug-likeness (QED) is 0.910. The van der Waals surface area contributed by atoms with Crippen molar-refractivity contribution in [2.75, 3.05) is 18.5 Å². The summed E-state index contributed by atoms with van der Waals surface area (Å²) in [6.07, 6.45) is 1.82. The topological polar surface area (TPSA) is 60.5 Å². The number of anilines is 1. The Balaban J connectivity index is 1.79. The Morgan fingerprint density at radius 2 is 1.96 bits per heavy atom. The molecule has 0 atom stereocenters. The van der Waals surface area contributed by atoms with Crippen LogP contribution in [-0.2, 0) is 10.2 Å². The van der Waals surface area contributed by atoms with Crippen molar-refractivity contribution in [3.8, 4) is 11.5 Å². The van der Waals surface area contributed by atoms with Crippen LogP contribution in [0.3, 0.4) is 0 Å². The highest BCUT2D eigenvalue weighted by atomic mass is 32.1. The maximum Gasteiger partial charge on any atom is 0.236 e. The number of carbonyl (C=O) groups excluding carboxylic acids is 1. The molecule has 1 aliphatic heterocycles. The molecule has 2 aromatic rings. The minimum atomic E-state index is -0.709. The maximum atomic E-state index is 12.8. The Morgan fingerprint density at radius 3 is 2.62 bits per heavy atom. The zero-order valence-corrected chi connectivity index (χ0v) is 15.2. The van der Waals surface area contributed by atoms with Gasteiger partial charge in [0.2, 0.25) is 5.91 Å². The smallest absolute Gasteiger partial charge is 0.236 e. The van der Waals surface area contributed by atoms with Crippen LogP contribution in [0.1, 0.15) is 44.1 Å². The molecule has 24 heavy (non-hydrogen) atoms. The van der Waals surface area contributed by atoms with E-state index in [9.17, 15) is 4.79 Å². The summed E-state index contributed by atoms with van der Waals surface area (Å²) in [5.41, 5.74) is 0.171. The van der Waals surface area contributed by atoms with Crippen molar-refractivity contribution in [2.24, 2.45) is 0 Å². The molecule has 0 saturated heterocycles.